The fourth-order valence-corrected chi connectivity index (χ4v) is 6.47. The molecule has 5 atom stereocenters. The lowest BCUT2D eigenvalue weighted by atomic mass is 9.93. The van der Waals surface area contributed by atoms with E-state index in [1.807, 2.05) is 52.0 Å². The minimum absolute atomic E-state index is 0.0153. The van der Waals surface area contributed by atoms with Crippen LogP contribution in [-0.2, 0) is 30.4 Å². The Morgan fingerprint density at radius 2 is 1.65 bits per heavy atom. The Morgan fingerprint density at radius 1 is 0.935 bits per heavy atom. The second kappa shape index (κ2) is 16.1. The van der Waals surface area contributed by atoms with Crippen molar-refractivity contribution in [1.29, 1.82) is 0 Å². The summed E-state index contributed by atoms with van der Waals surface area (Å²) in [6.45, 7) is 8.07. The molecule has 252 valence electrons. The van der Waals surface area contributed by atoms with Crippen LogP contribution in [0.15, 0.2) is 30.5 Å². The summed E-state index contributed by atoms with van der Waals surface area (Å²) in [4.78, 5) is 75.0. The molecule has 0 radical (unpaired) electrons. The fourth-order valence-electron chi connectivity index (χ4n) is 6.47. The van der Waals surface area contributed by atoms with E-state index in [2.05, 4.69) is 16.0 Å². The number of nitrogens with one attached hydrogen (secondary N) is 3. The number of nitrogens with zero attached hydrogens (tertiary/aromatic N) is 2. The summed E-state index contributed by atoms with van der Waals surface area (Å²) in [6.07, 6.45) is 7.52. The summed E-state index contributed by atoms with van der Waals surface area (Å²) in [5, 5.41) is 9.76. The highest BCUT2D eigenvalue weighted by molar-refractivity contribution is 5.98. The average molecular weight is 638 g/mol. The molecule has 3 N–H and O–H groups in total. The van der Waals surface area contributed by atoms with E-state index in [1.165, 1.54) is 0 Å². The number of carbonyl (C=O) groups is 5. The summed E-state index contributed by atoms with van der Waals surface area (Å²) in [6, 6.07) is 4.19. The number of hydrogen-bond donors (Lipinski definition) is 3. The number of benzene rings is 1. The molecule has 2 aromatic rings. The van der Waals surface area contributed by atoms with Gasteiger partial charge in [0.1, 0.15) is 37.1 Å². The Bertz CT molecular complexity index is 1400. The predicted octanol–water partition coefficient (Wildman–Crippen LogP) is 3.31. The molecule has 3 heterocycles. The molecule has 4 rings (SSSR count). The molecule has 1 aromatic heterocycles. The second-order valence-corrected chi connectivity index (χ2v) is 13.1. The van der Waals surface area contributed by atoms with Crippen LogP contribution < -0.4 is 20.8 Å². The van der Waals surface area contributed by atoms with Crippen molar-refractivity contribution in [2.75, 3.05) is 13.7 Å². The maximum atomic E-state index is 14.1. The van der Waals surface area contributed by atoms with Crippen molar-refractivity contribution in [2.24, 2.45) is 11.8 Å². The zero-order chi connectivity index (χ0) is 33.4. The first-order valence-electron chi connectivity index (χ1n) is 16.9. The van der Waals surface area contributed by atoms with Crippen LogP contribution >= 0.6 is 0 Å². The minimum atomic E-state index is -1.01. The monoisotopic (exact) mass is 637 g/mol. The van der Waals surface area contributed by atoms with Gasteiger partial charge < -0.3 is 25.7 Å². The molecular formula is C35H51N5O6. The van der Waals surface area contributed by atoms with Crippen LogP contribution in [-0.4, -0.2) is 76.9 Å². The van der Waals surface area contributed by atoms with E-state index in [4.69, 9.17) is 4.84 Å². The second-order valence-electron chi connectivity index (χ2n) is 13.1. The van der Waals surface area contributed by atoms with Crippen molar-refractivity contribution < 1.29 is 28.8 Å². The Kier molecular flexibility index (Phi) is 12.2. The van der Waals surface area contributed by atoms with E-state index in [-0.39, 0.29) is 35.9 Å². The summed E-state index contributed by atoms with van der Waals surface area (Å²) in [5.74, 6) is -1.51. The van der Waals surface area contributed by atoms with Crippen molar-refractivity contribution in [2.45, 2.75) is 116 Å². The van der Waals surface area contributed by atoms with Crippen LogP contribution in [0.3, 0.4) is 0 Å². The Balaban J connectivity index is 1.65. The number of rotatable bonds is 12. The molecule has 0 bridgehead atoms. The lowest BCUT2D eigenvalue weighted by Crippen LogP contribution is -2.64. The number of aromatic nitrogens is 1. The fraction of sp³-hybridized carbons (Fsp3) is 0.629. The molecule has 0 spiro atoms. The van der Waals surface area contributed by atoms with Crippen LogP contribution in [0.25, 0.3) is 10.9 Å². The number of fused-ring (bicyclic) bond motifs is 2. The number of carbonyl (C=O) groups excluding carboxylic acids is 5. The summed E-state index contributed by atoms with van der Waals surface area (Å²) in [7, 11) is 1.56. The SMILES string of the molecule is CC[C@H](C)[C@@H]1NC(=O)[C@H](Cc2cn(OC)c3ccccc23)NC(=O)[C@H](CCCCCC(=O)C(C)C)NC(=O)[C@H]2CCCCN2C1=O. The first kappa shape index (κ1) is 35.0. The van der Waals surface area contributed by atoms with Crippen LogP contribution in [0.5, 0.6) is 0 Å². The molecule has 46 heavy (non-hydrogen) atoms. The van der Waals surface area contributed by atoms with Gasteiger partial charge in [0.15, 0.2) is 0 Å². The zero-order valence-corrected chi connectivity index (χ0v) is 28.0. The quantitative estimate of drug-likeness (QED) is 0.305. The highest BCUT2D eigenvalue weighted by atomic mass is 16.6. The largest absolute Gasteiger partial charge is 0.417 e. The van der Waals surface area contributed by atoms with Crippen molar-refractivity contribution in [3.8, 4) is 0 Å². The van der Waals surface area contributed by atoms with Crippen molar-refractivity contribution >= 4 is 40.3 Å². The van der Waals surface area contributed by atoms with Crippen molar-refractivity contribution in [1.82, 2.24) is 25.6 Å². The molecular weight excluding hydrogens is 586 g/mol. The average Bonchev–Trinajstić information content (AvgIpc) is 3.41. The summed E-state index contributed by atoms with van der Waals surface area (Å²) < 4.78 is 1.62. The van der Waals surface area contributed by atoms with Gasteiger partial charge in [0.25, 0.3) is 0 Å². The third-order valence-corrected chi connectivity index (χ3v) is 9.57. The highest BCUT2D eigenvalue weighted by Gasteiger charge is 2.40. The Hall–Kier alpha value is -3.89. The first-order valence-corrected chi connectivity index (χ1v) is 16.9. The minimum Gasteiger partial charge on any atom is -0.417 e. The number of ketones is 1. The maximum Gasteiger partial charge on any atom is 0.246 e. The standard InChI is InChI=1S/C35H51N5O6/c1-6-23(4)31-35(45)39-19-13-12-17-29(39)34(44)36-26(15-8-7-9-18-30(41)22(2)3)32(42)37-27(33(43)38-31)20-24-21-40(46-5)28-16-11-10-14-25(24)28/h10-11,14,16,21-23,26-27,29,31H,6-9,12-13,15,17-20H2,1-5H3,(H,36,44)(H,37,42)(H,38,43)/t23-,26-,27-,29+,31-/m0/s1. The van der Waals surface area contributed by atoms with Crippen LogP contribution in [0.1, 0.15) is 91.0 Å². The molecule has 0 unspecified atom stereocenters. The van der Waals surface area contributed by atoms with Crippen molar-refractivity contribution in [3.63, 3.8) is 0 Å². The van der Waals surface area contributed by atoms with Gasteiger partial charge in [0, 0.05) is 36.9 Å². The van der Waals surface area contributed by atoms with Crippen LogP contribution in [0.2, 0.25) is 0 Å². The normalized spacial score (nSPS) is 23.6. The van der Waals surface area contributed by atoms with Gasteiger partial charge in [-0.2, -0.15) is 4.73 Å². The van der Waals surface area contributed by atoms with Gasteiger partial charge in [0.05, 0.1) is 5.52 Å². The van der Waals surface area contributed by atoms with Gasteiger partial charge >= 0.3 is 0 Å². The van der Waals surface area contributed by atoms with Gasteiger partial charge in [-0.25, -0.2) is 0 Å². The number of Topliss-reactive ketones (excluding diaryl/α,β-unsaturated/α-hetero) is 1. The zero-order valence-electron chi connectivity index (χ0n) is 28.0. The number of piperidine rings is 1. The smallest absolute Gasteiger partial charge is 0.246 e. The molecule has 11 heteroatoms. The van der Waals surface area contributed by atoms with Gasteiger partial charge in [-0.3, -0.25) is 24.0 Å². The van der Waals surface area contributed by atoms with Crippen LogP contribution in [0.4, 0.5) is 0 Å². The molecule has 2 fully saturated rings. The third-order valence-electron chi connectivity index (χ3n) is 9.57. The molecule has 2 aliphatic rings. The molecule has 0 aliphatic carbocycles. The van der Waals surface area contributed by atoms with E-state index in [1.54, 1.807) is 22.9 Å². The van der Waals surface area contributed by atoms with E-state index in [0.29, 0.717) is 45.1 Å². The molecule has 11 nitrogen and oxygen atoms in total. The molecule has 0 saturated carbocycles. The van der Waals surface area contributed by atoms with Gasteiger partial charge in [-0.05, 0) is 49.7 Å². The molecule has 1 aromatic carbocycles. The first-order chi connectivity index (χ1) is 22.0. The summed E-state index contributed by atoms with van der Waals surface area (Å²) in [5.41, 5.74) is 1.62. The highest BCUT2D eigenvalue weighted by Crippen LogP contribution is 2.24. The maximum absolute atomic E-state index is 14.1. The lowest BCUT2D eigenvalue weighted by molar-refractivity contribution is -0.147. The van der Waals surface area contributed by atoms with Gasteiger partial charge in [0.2, 0.25) is 23.6 Å². The van der Waals surface area contributed by atoms with E-state index < -0.39 is 36.0 Å². The van der Waals surface area contributed by atoms with Crippen LogP contribution in [0, 0.1) is 11.8 Å². The summed E-state index contributed by atoms with van der Waals surface area (Å²) >= 11 is 0. The molecule has 2 saturated heterocycles. The van der Waals surface area contributed by atoms with Gasteiger partial charge in [-0.1, -0.05) is 65.2 Å². The molecule has 4 amide bonds. The number of para-hydroxylation sites is 1. The van der Waals surface area contributed by atoms with Gasteiger partial charge in [-0.15, -0.1) is 0 Å². The number of unbranched alkanes of at least 4 members (excludes halogenated alkanes) is 2. The number of hydrogen-bond acceptors (Lipinski definition) is 6. The predicted molar refractivity (Wildman–Crippen MR) is 176 cm³/mol. The third kappa shape index (κ3) is 8.27. The Morgan fingerprint density at radius 3 is 2.37 bits per heavy atom. The van der Waals surface area contributed by atoms with E-state index in [9.17, 15) is 24.0 Å². The molecule has 2 aliphatic heterocycles. The van der Waals surface area contributed by atoms with E-state index >= 15 is 0 Å². The van der Waals surface area contributed by atoms with E-state index in [0.717, 1.165) is 35.7 Å². The lowest BCUT2D eigenvalue weighted by Gasteiger charge is -2.39. The number of amides is 4. The Labute approximate surface area is 272 Å². The topological polar surface area (TPSA) is 139 Å². The van der Waals surface area contributed by atoms with Crippen molar-refractivity contribution in [3.05, 3.63) is 36.0 Å².